The van der Waals surface area contributed by atoms with E-state index >= 15 is 0 Å². The Morgan fingerprint density at radius 2 is 1.84 bits per heavy atom. The molecular formula is C14H12ClF2NO. The third-order valence-electron chi connectivity index (χ3n) is 2.67. The van der Waals surface area contributed by atoms with E-state index in [2.05, 4.69) is 0 Å². The van der Waals surface area contributed by atoms with Crippen molar-refractivity contribution < 1.29 is 13.5 Å². The smallest absolute Gasteiger partial charge is 0.142 e. The summed E-state index contributed by atoms with van der Waals surface area (Å²) < 4.78 is 31.6. The van der Waals surface area contributed by atoms with Gasteiger partial charge in [-0.25, -0.2) is 8.78 Å². The number of rotatable bonds is 4. The third kappa shape index (κ3) is 3.43. The highest BCUT2D eigenvalue weighted by atomic mass is 35.5. The highest BCUT2D eigenvalue weighted by Gasteiger charge is 2.06. The minimum absolute atomic E-state index is 0.0178. The fourth-order valence-corrected chi connectivity index (χ4v) is 1.83. The summed E-state index contributed by atoms with van der Waals surface area (Å²) in [6.07, 6.45) is 0. The van der Waals surface area contributed by atoms with Gasteiger partial charge in [-0.2, -0.15) is 0 Å². The Morgan fingerprint density at radius 1 is 1.05 bits per heavy atom. The molecule has 0 fully saturated rings. The van der Waals surface area contributed by atoms with Crippen LogP contribution in [0, 0.1) is 11.6 Å². The molecule has 2 nitrogen and oxygen atoms in total. The van der Waals surface area contributed by atoms with Crippen LogP contribution >= 0.6 is 11.6 Å². The van der Waals surface area contributed by atoms with Gasteiger partial charge in [-0.1, -0.05) is 17.7 Å². The van der Waals surface area contributed by atoms with Crippen LogP contribution in [0.1, 0.15) is 11.1 Å². The molecule has 2 aromatic rings. The van der Waals surface area contributed by atoms with E-state index in [0.29, 0.717) is 17.9 Å². The van der Waals surface area contributed by atoms with Crippen molar-refractivity contribution in [2.75, 3.05) is 0 Å². The summed E-state index contributed by atoms with van der Waals surface area (Å²) in [6.45, 7) is 0.440. The number of hydrogen-bond donors (Lipinski definition) is 1. The second-order valence-corrected chi connectivity index (χ2v) is 4.39. The molecule has 2 N–H and O–H groups in total. The lowest BCUT2D eigenvalue weighted by atomic mass is 10.1. The van der Waals surface area contributed by atoms with Crippen molar-refractivity contribution in [3.05, 3.63) is 64.2 Å². The molecule has 2 aromatic carbocycles. The number of hydrogen-bond acceptors (Lipinski definition) is 2. The van der Waals surface area contributed by atoms with Crippen LogP contribution in [0.2, 0.25) is 5.02 Å². The first-order valence-corrected chi connectivity index (χ1v) is 6.03. The van der Waals surface area contributed by atoms with Crippen LogP contribution in [0.25, 0.3) is 0 Å². The van der Waals surface area contributed by atoms with Crippen molar-refractivity contribution >= 4 is 11.6 Å². The molecule has 0 aromatic heterocycles. The van der Waals surface area contributed by atoms with Gasteiger partial charge in [0.25, 0.3) is 0 Å². The molecule has 2 rings (SSSR count). The second kappa shape index (κ2) is 5.99. The van der Waals surface area contributed by atoms with Crippen LogP contribution in [-0.4, -0.2) is 0 Å². The van der Waals surface area contributed by atoms with E-state index in [4.69, 9.17) is 22.1 Å². The normalized spacial score (nSPS) is 10.5. The van der Waals surface area contributed by atoms with Crippen LogP contribution in [0.3, 0.4) is 0 Å². The Morgan fingerprint density at radius 3 is 2.53 bits per heavy atom. The summed E-state index contributed by atoms with van der Waals surface area (Å²) in [5, 5.41) is -0.0178. The largest absolute Gasteiger partial charge is 0.489 e. The van der Waals surface area contributed by atoms with Gasteiger partial charge in [0.15, 0.2) is 0 Å². The molecule has 0 aliphatic heterocycles. The zero-order valence-electron chi connectivity index (χ0n) is 10.00. The molecule has 0 aliphatic carbocycles. The van der Waals surface area contributed by atoms with Crippen molar-refractivity contribution in [2.24, 2.45) is 5.73 Å². The first-order valence-electron chi connectivity index (χ1n) is 5.65. The fourth-order valence-electron chi connectivity index (χ4n) is 1.66. The molecule has 0 radical (unpaired) electrons. The van der Waals surface area contributed by atoms with Gasteiger partial charge in [-0.15, -0.1) is 0 Å². The number of benzene rings is 2. The molecule has 0 saturated carbocycles. The molecule has 5 heteroatoms. The monoisotopic (exact) mass is 283 g/mol. The van der Waals surface area contributed by atoms with Gasteiger partial charge in [-0.05, 0) is 35.4 Å². The van der Waals surface area contributed by atoms with Gasteiger partial charge < -0.3 is 10.5 Å². The molecule has 0 aliphatic rings. The fraction of sp³-hybridized carbons (Fsp3) is 0.143. The number of ether oxygens (including phenoxy) is 1. The van der Waals surface area contributed by atoms with E-state index < -0.39 is 5.82 Å². The Kier molecular flexibility index (Phi) is 4.35. The average Bonchev–Trinajstić information content (AvgIpc) is 2.40. The molecule has 100 valence electrons. The Hall–Kier alpha value is -1.65. The molecule has 0 atom stereocenters. The topological polar surface area (TPSA) is 35.2 Å². The van der Waals surface area contributed by atoms with E-state index in [1.165, 1.54) is 30.3 Å². The first-order chi connectivity index (χ1) is 9.10. The van der Waals surface area contributed by atoms with Gasteiger partial charge in [0.2, 0.25) is 0 Å². The average molecular weight is 284 g/mol. The lowest BCUT2D eigenvalue weighted by molar-refractivity contribution is 0.304. The summed E-state index contributed by atoms with van der Waals surface area (Å²) in [6, 6.07) is 8.38. The van der Waals surface area contributed by atoms with Crippen molar-refractivity contribution in [1.29, 1.82) is 0 Å². The first kappa shape index (κ1) is 13.8. The molecule has 0 spiro atoms. The molecule has 0 unspecified atom stereocenters. The summed E-state index contributed by atoms with van der Waals surface area (Å²) >= 11 is 5.64. The molecule has 0 bridgehead atoms. The zero-order valence-corrected chi connectivity index (χ0v) is 10.8. The van der Waals surface area contributed by atoms with Crippen molar-refractivity contribution in [3.8, 4) is 5.75 Å². The number of halogens is 3. The Bertz CT molecular complexity index is 590. The van der Waals surface area contributed by atoms with Gasteiger partial charge in [0.1, 0.15) is 24.0 Å². The molecule has 0 heterocycles. The molecule has 0 amide bonds. The second-order valence-electron chi connectivity index (χ2n) is 3.98. The minimum Gasteiger partial charge on any atom is -0.489 e. The number of nitrogens with two attached hydrogens (primary N) is 1. The SMILES string of the molecule is NCc1ccc(F)cc1COc1ccc(F)c(Cl)c1. The molecule has 19 heavy (non-hydrogen) atoms. The van der Waals surface area contributed by atoms with Crippen LogP contribution in [0.4, 0.5) is 8.78 Å². The Balaban J connectivity index is 2.13. The standard InChI is InChI=1S/C14H12ClF2NO/c15-13-6-12(3-4-14(13)17)19-8-10-5-11(16)2-1-9(10)7-18/h1-6H,7-8,18H2. The third-order valence-corrected chi connectivity index (χ3v) is 2.96. The quantitative estimate of drug-likeness (QED) is 0.929. The van der Waals surface area contributed by atoms with Crippen LogP contribution in [0.5, 0.6) is 5.75 Å². The summed E-state index contributed by atoms with van der Waals surface area (Å²) in [5.41, 5.74) is 7.02. The van der Waals surface area contributed by atoms with Crippen molar-refractivity contribution in [2.45, 2.75) is 13.2 Å². The molecular weight excluding hydrogens is 272 g/mol. The van der Waals surface area contributed by atoms with E-state index in [1.54, 1.807) is 6.07 Å². The van der Waals surface area contributed by atoms with Crippen molar-refractivity contribution in [1.82, 2.24) is 0 Å². The predicted octanol–water partition coefficient (Wildman–Crippen LogP) is 3.66. The van der Waals surface area contributed by atoms with Gasteiger partial charge in [0, 0.05) is 12.6 Å². The van der Waals surface area contributed by atoms with E-state index in [-0.39, 0.29) is 17.4 Å². The van der Waals surface area contributed by atoms with Gasteiger partial charge in [-0.3, -0.25) is 0 Å². The van der Waals surface area contributed by atoms with E-state index in [9.17, 15) is 8.78 Å². The minimum atomic E-state index is -0.512. The van der Waals surface area contributed by atoms with E-state index in [1.807, 2.05) is 0 Å². The lowest BCUT2D eigenvalue weighted by Crippen LogP contribution is -2.05. The summed E-state index contributed by atoms with van der Waals surface area (Å²) in [4.78, 5) is 0. The summed E-state index contributed by atoms with van der Waals surface area (Å²) in [7, 11) is 0. The lowest BCUT2D eigenvalue weighted by Gasteiger charge is -2.10. The van der Waals surface area contributed by atoms with Gasteiger partial charge >= 0.3 is 0 Å². The zero-order chi connectivity index (χ0) is 13.8. The molecule has 0 saturated heterocycles. The highest BCUT2D eigenvalue weighted by Crippen LogP contribution is 2.22. The highest BCUT2D eigenvalue weighted by molar-refractivity contribution is 6.30. The maximum absolute atomic E-state index is 13.2. The predicted molar refractivity (Wildman–Crippen MR) is 70.0 cm³/mol. The van der Waals surface area contributed by atoms with Crippen LogP contribution in [-0.2, 0) is 13.2 Å². The maximum Gasteiger partial charge on any atom is 0.142 e. The van der Waals surface area contributed by atoms with Crippen molar-refractivity contribution in [3.63, 3.8) is 0 Å². The Labute approximate surface area is 114 Å². The van der Waals surface area contributed by atoms with Crippen LogP contribution < -0.4 is 10.5 Å². The van der Waals surface area contributed by atoms with Gasteiger partial charge in [0.05, 0.1) is 5.02 Å². The van der Waals surface area contributed by atoms with E-state index in [0.717, 1.165) is 5.56 Å². The van der Waals surface area contributed by atoms with Crippen LogP contribution in [0.15, 0.2) is 36.4 Å². The summed E-state index contributed by atoms with van der Waals surface area (Å²) in [5.74, 6) is -0.450. The maximum atomic E-state index is 13.2.